The maximum atomic E-state index is 12.0. The first-order valence-corrected chi connectivity index (χ1v) is 7.18. The molecule has 0 bridgehead atoms. The van der Waals surface area contributed by atoms with Gasteiger partial charge in [-0.25, -0.2) is 18.5 Å². The van der Waals surface area contributed by atoms with Gasteiger partial charge in [0.15, 0.2) is 6.39 Å². The number of benzene rings is 1. The Bertz CT molecular complexity index is 765. The highest BCUT2D eigenvalue weighted by atomic mass is 32.2. The van der Waals surface area contributed by atoms with Gasteiger partial charge in [-0.1, -0.05) is 6.07 Å². The molecule has 7 nitrogen and oxygen atoms in total. The maximum Gasteiger partial charge on any atom is 0.293 e. The molecule has 0 atom stereocenters. The Morgan fingerprint density at radius 1 is 1.35 bits per heavy atom. The van der Waals surface area contributed by atoms with E-state index in [-0.39, 0.29) is 10.7 Å². The van der Waals surface area contributed by atoms with Crippen LogP contribution in [0.3, 0.4) is 0 Å². The Morgan fingerprint density at radius 3 is 2.60 bits per heavy atom. The van der Waals surface area contributed by atoms with E-state index < -0.39 is 15.9 Å². The summed E-state index contributed by atoms with van der Waals surface area (Å²) in [6.07, 6.45) is 1.16. The lowest BCUT2D eigenvalue weighted by Gasteiger charge is -2.09. The van der Waals surface area contributed by atoms with Gasteiger partial charge in [0.05, 0.1) is 10.6 Å². The lowest BCUT2D eigenvalue weighted by molar-refractivity contribution is 0.0995. The summed E-state index contributed by atoms with van der Waals surface area (Å²) < 4.78 is 27.6. The molecule has 0 saturated heterocycles. The van der Waals surface area contributed by atoms with Gasteiger partial charge in [-0.3, -0.25) is 4.79 Å². The van der Waals surface area contributed by atoms with Gasteiger partial charge in [0, 0.05) is 5.69 Å². The zero-order valence-electron chi connectivity index (χ0n) is 10.9. The number of hydrogen-bond donors (Lipinski definition) is 2. The van der Waals surface area contributed by atoms with Crippen LogP contribution in [0.25, 0.3) is 0 Å². The summed E-state index contributed by atoms with van der Waals surface area (Å²) >= 11 is 0. The van der Waals surface area contributed by atoms with E-state index in [1.165, 1.54) is 12.1 Å². The van der Waals surface area contributed by atoms with Crippen molar-refractivity contribution in [2.45, 2.75) is 18.7 Å². The molecule has 3 N–H and O–H groups in total. The van der Waals surface area contributed by atoms with Crippen molar-refractivity contribution in [3.05, 3.63) is 41.6 Å². The average Bonchev–Trinajstić information content (AvgIpc) is 2.77. The lowest BCUT2D eigenvalue weighted by atomic mass is 10.2. The smallest absolute Gasteiger partial charge is 0.293 e. The standard InChI is InChI=1S/C12H13N3O4S/c1-7-3-4-9(20(13,17)18)5-10(7)15-12(16)11-8(2)14-6-19-11/h3-6H,1-2H3,(H,15,16)(H2,13,17,18). The highest BCUT2D eigenvalue weighted by Crippen LogP contribution is 2.20. The van der Waals surface area contributed by atoms with Crippen molar-refractivity contribution in [1.29, 1.82) is 0 Å². The number of primary sulfonamides is 1. The molecule has 0 fully saturated rings. The first-order valence-electron chi connectivity index (χ1n) is 5.64. The Morgan fingerprint density at radius 2 is 2.05 bits per heavy atom. The number of nitrogens with one attached hydrogen (secondary N) is 1. The molecule has 1 aromatic heterocycles. The van der Waals surface area contributed by atoms with Crippen LogP contribution in [0.1, 0.15) is 21.8 Å². The van der Waals surface area contributed by atoms with Gasteiger partial charge in [-0.05, 0) is 31.5 Å². The van der Waals surface area contributed by atoms with Crippen molar-refractivity contribution in [2.24, 2.45) is 5.14 Å². The third-order valence-electron chi connectivity index (χ3n) is 2.74. The molecule has 2 aromatic rings. The second-order valence-corrected chi connectivity index (χ2v) is 5.80. The summed E-state index contributed by atoms with van der Waals surface area (Å²) in [5, 5.41) is 7.63. The Hall–Kier alpha value is -2.19. The van der Waals surface area contributed by atoms with Crippen molar-refractivity contribution in [1.82, 2.24) is 4.98 Å². The molecule has 0 aliphatic rings. The van der Waals surface area contributed by atoms with Crippen LogP contribution < -0.4 is 10.5 Å². The SMILES string of the molecule is Cc1ccc(S(N)(=O)=O)cc1NC(=O)c1ocnc1C. The summed E-state index contributed by atoms with van der Waals surface area (Å²) in [5.74, 6) is -0.430. The number of anilines is 1. The molecule has 1 heterocycles. The minimum Gasteiger partial charge on any atom is -0.438 e. The van der Waals surface area contributed by atoms with Crippen LogP contribution in [-0.2, 0) is 10.0 Å². The van der Waals surface area contributed by atoms with E-state index in [4.69, 9.17) is 9.56 Å². The molecule has 0 radical (unpaired) electrons. The van der Waals surface area contributed by atoms with Crippen LogP contribution in [0, 0.1) is 13.8 Å². The number of carbonyl (C=O) groups excluding carboxylic acids is 1. The fourth-order valence-corrected chi connectivity index (χ4v) is 2.15. The number of carbonyl (C=O) groups is 1. The molecule has 20 heavy (non-hydrogen) atoms. The van der Waals surface area contributed by atoms with Gasteiger partial charge in [-0.15, -0.1) is 0 Å². The number of oxazole rings is 1. The van der Waals surface area contributed by atoms with Crippen LogP contribution in [0.15, 0.2) is 33.9 Å². The number of rotatable bonds is 3. The maximum absolute atomic E-state index is 12.0. The second kappa shape index (κ2) is 5.06. The van der Waals surface area contributed by atoms with E-state index in [1.807, 2.05) is 0 Å². The van der Waals surface area contributed by atoms with Gasteiger partial charge >= 0.3 is 0 Å². The number of aryl methyl sites for hydroxylation is 2. The fraction of sp³-hybridized carbons (Fsp3) is 0.167. The summed E-state index contributed by atoms with van der Waals surface area (Å²) in [5.41, 5.74) is 1.49. The van der Waals surface area contributed by atoms with Crippen LogP contribution >= 0.6 is 0 Å². The highest BCUT2D eigenvalue weighted by molar-refractivity contribution is 7.89. The predicted molar refractivity (Wildman–Crippen MR) is 71.7 cm³/mol. The third-order valence-corrected chi connectivity index (χ3v) is 3.65. The molecule has 0 aliphatic heterocycles. The van der Waals surface area contributed by atoms with Gasteiger partial charge in [0.1, 0.15) is 0 Å². The van der Waals surface area contributed by atoms with E-state index in [0.717, 1.165) is 6.39 Å². The molecule has 0 saturated carbocycles. The average molecular weight is 295 g/mol. The van der Waals surface area contributed by atoms with Gasteiger partial charge < -0.3 is 9.73 Å². The molecule has 0 spiro atoms. The van der Waals surface area contributed by atoms with Crippen molar-refractivity contribution in [3.8, 4) is 0 Å². The molecule has 8 heteroatoms. The number of hydrogen-bond acceptors (Lipinski definition) is 5. The fourth-order valence-electron chi connectivity index (χ4n) is 1.61. The molecular weight excluding hydrogens is 282 g/mol. The molecular formula is C12H13N3O4S. The molecule has 0 aliphatic carbocycles. The molecule has 1 aromatic carbocycles. The Balaban J connectivity index is 2.34. The minimum absolute atomic E-state index is 0.0745. The van der Waals surface area contributed by atoms with Crippen LogP contribution in [0.5, 0.6) is 0 Å². The first kappa shape index (κ1) is 14.2. The highest BCUT2D eigenvalue weighted by Gasteiger charge is 2.16. The monoisotopic (exact) mass is 295 g/mol. The minimum atomic E-state index is -3.83. The quantitative estimate of drug-likeness (QED) is 0.882. The number of nitrogens with zero attached hydrogens (tertiary/aromatic N) is 1. The Kier molecular flexibility index (Phi) is 3.60. The van der Waals surface area contributed by atoms with Crippen LogP contribution in [0.4, 0.5) is 5.69 Å². The van der Waals surface area contributed by atoms with Crippen molar-refractivity contribution in [3.63, 3.8) is 0 Å². The molecule has 1 amide bonds. The zero-order chi connectivity index (χ0) is 14.9. The number of nitrogens with two attached hydrogens (primary N) is 1. The normalized spacial score (nSPS) is 11.3. The molecule has 106 valence electrons. The second-order valence-electron chi connectivity index (χ2n) is 4.24. The van der Waals surface area contributed by atoms with Gasteiger partial charge in [0.2, 0.25) is 15.8 Å². The van der Waals surface area contributed by atoms with Crippen molar-refractivity contribution >= 4 is 21.6 Å². The molecule has 2 rings (SSSR count). The largest absolute Gasteiger partial charge is 0.438 e. The first-order chi connectivity index (χ1) is 9.29. The van der Waals surface area contributed by atoms with E-state index in [1.54, 1.807) is 19.9 Å². The third kappa shape index (κ3) is 2.86. The number of aromatic nitrogens is 1. The van der Waals surface area contributed by atoms with Crippen LogP contribution in [-0.4, -0.2) is 19.3 Å². The van der Waals surface area contributed by atoms with Gasteiger partial charge in [0.25, 0.3) is 5.91 Å². The number of amides is 1. The summed E-state index contributed by atoms with van der Waals surface area (Å²) in [7, 11) is -3.83. The summed E-state index contributed by atoms with van der Waals surface area (Å²) in [6, 6.07) is 4.23. The molecule has 0 unspecified atom stereocenters. The van der Waals surface area contributed by atoms with E-state index in [2.05, 4.69) is 10.3 Å². The predicted octanol–water partition coefficient (Wildman–Crippen LogP) is 1.19. The summed E-state index contributed by atoms with van der Waals surface area (Å²) in [6.45, 7) is 3.36. The van der Waals surface area contributed by atoms with E-state index in [0.29, 0.717) is 16.9 Å². The van der Waals surface area contributed by atoms with Crippen molar-refractivity contribution < 1.29 is 17.6 Å². The van der Waals surface area contributed by atoms with Crippen LogP contribution in [0.2, 0.25) is 0 Å². The van der Waals surface area contributed by atoms with Crippen molar-refractivity contribution in [2.75, 3.05) is 5.32 Å². The Labute approximate surface area is 115 Å². The number of sulfonamides is 1. The lowest BCUT2D eigenvalue weighted by Crippen LogP contribution is -2.16. The van der Waals surface area contributed by atoms with E-state index in [9.17, 15) is 13.2 Å². The topological polar surface area (TPSA) is 115 Å². The van der Waals surface area contributed by atoms with Gasteiger partial charge in [-0.2, -0.15) is 0 Å². The summed E-state index contributed by atoms with van der Waals surface area (Å²) in [4.78, 5) is 15.7. The van der Waals surface area contributed by atoms with E-state index >= 15 is 0 Å². The zero-order valence-corrected chi connectivity index (χ0v) is 11.7.